The summed E-state index contributed by atoms with van der Waals surface area (Å²) in [4.78, 5) is 0. The van der Waals surface area contributed by atoms with Crippen LogP contribution in [0.15, 0.2) is 12.1 Å². The monoisotopic (exact) mass is 149 g/mol. The topological polar surface area (TPSA) is 23.8 Å². The lowest BCUT2D eigenvalue weighted by atomic mass is 10.1. The van der Waals surface area contributed by atoms with Crippen molar-refractivity contribution in [2.45, 2.75) is 13.8 Å². The number of aryl methyl sites for hydroxylation is 2. The smallest absolute Gasteiger partial charge is 0.129 e. The summed E-state index contributed by atoms with van der Waals surface area (Å²) >= 11 is 0. The zero-order valence-electron chi connectivity index (χ0n) is 6.48. The summed E-state index contributed by atoms with van der Waals surface area (Å²) in [7, 11) is 0. The Labute approximate surface area is 65.1 Å². The predicted molar refractivity (Wildman–Crippen MR) is 40.6 cm³/mol. The number of hydrogen-bond donors (Lipinski definition) is 0. The van der Waals surface area contributed by atoms with E-state index in [1.165, 1.54) is 0 Å². The SMILES string of the molecule is Cc1cc(C#N)cc(C)c1F. The summed E-state index contributed by atoms with van der Waals surface area (Å²) in [6, 6.07) is 5.06. The average molecular weight is 149 g/mol. The Morgan fingerprint density at radius 2 is 1.73 bits per heavy atom. The highest BCUT2D eigenvalue weighted by atomic mass is 19.1. The molecule has 0 saturated heterocycles. The van der Waals surface area contributed by atoms with E-state index in [1.807, 2.05) is 6.07 Å². The molecule has 1 nitrogen and oxygen atoms in total. The molecule has 1 rings (SSSR count). The third kappa shape index (κ3) is 1.38. The quantitative estimate of drug-likeness (QED) is 0.555. The van der Waals surface area contributed by atoms with Crippen molar-refractivity contribution in [2.75, 3.05) is 0 Å². The number of halogens is 1. The van der Waals surface area contributed by atoms with E-state index < -0.39 is 0 Å². The number of hydrogen-bond acceptors (Lipinski definition) is 1. The van der Waals surface area contributed by atoms with Crippen LogP contribution in [0.5, 0.6) is 0 Å². The lowest BCUT2D eigenvalue weighted by Gasteiger charge is -1.99. The van der Waals surface area contributed by atoms with E-state index in [1.54, 1.807) is 26.0 Å². The third-order valence-electron chi connectivity index (χ3n) is 1.57. The second-order valence-corrected chi connectivity index (χ2v) is 2.54. The molecule has 56 valence electrons. The Kier molecular flexibility index (Phi) is 1.91. The summed E-state index contributed by atoms with van der Waals surface area (Å²) in [5.74, 6) is -0.219. The van der Waals surface area contributed by atoms with Gasteiger partial charge in [0, 0.05) is 0 Å². The van der Waals surface area contributed by atoms with E-state index in [-0.39, 0.29) is 5.82 Å². The van der Waals surface area contributed by atoms with E-state index in [9.17, 15) is 4.39 Å². The Morgan fingerprint density at radius 3 is 2.09 bits per heavy atom. The highest BCUT2D eigenvalue weighted by molar-refractivity contribution is 5.37. The van der Waals surface area contributed by atoms with Crippen LogP contribution in [-0.4, -0.2) is 0 Å². The van der Waals surface area contributed by atoms with E-state index in [2.05, 4.69) is 0 Å². The molecule has 0 bridgehead atoms. The van der Waals surface area contributed by atoms with E-state index >= 15 is 0 Å². The predicted octanol–water partition coefficient (Wildman–Crippen LogP) is 2.31. The second kappa shape index (κ2) is 2.71. The van der Waals surface area contributed by atoms with Gasteiger partial charge in [-0.15, -0.1) is 0 Å². The normalized spacial score (nSPS) is 9.27. The molecule has 0 N–H and O–H groups in total. The number of rotatable bonds is 0. The van der Waals surface area contributed by atoms with Crippen molar-refractivity contribution in [1.82, 2.24) is 0 Å². The first kappa shape index (κ1) is 7.74. The van der Waals surface area contributed by atoms with Crippen LogP contribution >= 0.6 is 0 Å². The van der Waals surface area contributed by atoms with Gasteiger partial charge in [0.25, 0.3) is 0 Å². The van der Waals surface area contributed by atoms with Crippen molar-refractivity contribution >= 4 is 0 Å². The van der Waals surface area contributed by atoms with Gasteiger partial charge in [-0.3, -0.25) is 0 Å². The minimum atomic E-state index is -0.219. The van der Waals surface area contributed by atoms with E-state index in [0.717, 1.165) is 0 Å². The zero-order chi connectivity index (χ0) is 8.43. The van der Waals surface area contributed by atoms with Crippen molar-refractivity contribution in [1.29, 1.82) is 5.26 Å². The molecule has 0 aliphatic carbocycles. The van der Waals surface area contributed by atoms with Gasteiger partial charge >= 0.3 is 0 Å². The van der Waals surface area contributed by atoms with Gasteiger partial charge in [-0.1, -0.05) is 0 Å². The molecule has 0 aromatic heterocycles. The van der Waals surface area contributed by atoms with Gasteiger partial charge in [0.05, 0.1) is 11.6 Å². The van der Waals surface area contributed by atoms with Gasteiger partial charge in [-0.25, -0.2) is 4.39 Å². The summed E-state index contributed by atoms with van der Waals surface area (Å²) in [6.45, 7) is 3.31. The van der Waals surface area contributed by atoms with Crippen molar-refractivity contribution in [2.24, 2.45) is 0 Å². The molecule has 0 spiro atoms. The fraction of sp³-hybridized carbons (Fsp3) is 0.222. The molecule has 0 unspecified atom stereocenters. The number of benzene rings is 1. The second-order valence-electron chi connectivity index (χ2n) is 2.54. The fourth-order valence-corrected chi connectivity index (χ4v) is 1.01. The number of nitriles is 1. The average Bonchev–Trinajstić information content (AvgIpc) is 1.99. The Hall–Kier alpha value is -1.36. The zero-order valence-corrected chi connectivity index (χ0v) is 6.48. The minimum Gasteiger partial charge on any atom is -0.206 e. The molecule has 0 fully saturated rings. The van der Waals surface area contributed by atoms with Crippen molar-refractivity contribution in [3.05, 3.63) is 34.6 Å². The van der Waals surface area contributed by atoms with Crippen molar-refractivity contribution < 1.29 is 4.39 Å². The molecule has 1 aromatic carbocycles. The van der Waals surface area contributed by atoms with Gasteiger partial charge in [-0.05, 0) is 37.1 Å². The van der Waals surface area contributed by atoms with Crippen LogP contribution in [0.2, 0.25) is 0 Å². The Bertz CT molecular complexity index is 300. The summed E-state index contributed by atoms with van der Waals surface area (Å²) < 4.78 is 12.9. The third-order valence-corrected chi connectivity index (χ3v) is 1.57. The Morgan fingerprint density at radius 1 is 1.27 bits per heavy atom. The van der Waals surface area contributed by atoms with Gasteiger partial charge in [0.2, 0.25) is 0 Å². The standard InChI is InChI=1S/C9H8FN/c1-6-3-8(5-11)4-7(2)9(6)10/h3-4H,1-2H3. The minimum absolute atomic E-state index is 0.219. The molecule has 0 radical (unpaired) electrons. The molecule has 11 heavy (non-hydrogen) atoms. The molecule has 0 atom stereocenters. The largest absolute Gasteiger partial charge is 0.206 e. The number of nitrogens with zero attached hydrogens (tertiary/aromatic N) is 1. The van der Waals surface area contributed by atoms with Gasteiger partial charge in [0.15, 0.2) is 0 Å². The molecule has 1 aromatic rings. The molecule has 0 aliphatic heterocycles. The van der Waals surface area contributed by atoms with Gasteiger partial charge in [0.1, 0.15) is 5.82 Å². The highest BCUT2D eigenvalue weighted by Crippen LogP contribution is 2.13. The fourth-order valence-electron chi connectivity index (χ4n) is 1.01. The summed E-state index contributed by atoms with van der Waals surface area (Å²) in [6.07, 6.45) is 0. The molecular formula is C9H8FN. The maximum atomic E-state index is 12.9. The van der Waals surface area contributed by atoms with Crippen LogP contribution in [-0.2, 0) is 0 Å². The summed E-state index contributed by atoms with van der Waals surface area (Å²) in [5.41, 5.74) is 1.57. The van der Waals surface area contributed by atoms with Crippen LogP contribution < -0.4 is 0 Å². The lowest BCUT2D eigenvalue weighted by molar-refractivity contribution is 0.609. The molecular weight excluding hydrogens is 141 g/mol. The first-order valence-electron chi connectivity index (χ1n) is 3.32. The van der Waals surface area contributed by atoms with Crippen LogP contribution in [0.1, 0.15) is 16.7 Å². The molecule has 2 heteroatoms. The maximum absolute atomic E-state index is 12.9. The first-order valence-corrected chi connectivity index (χ1v) is 3.32. The van der Waals surface area contributed by atoms with E-state index in [4.69, 9.17) is 5.26 Å². The maximum Gasteiger partial charge on any atom is 0.129 e. The molecule has 0 amide bonds. The van der Waals surface area contributed by atoms with Crippen LogP contribution in [0, 0.1) is 31.0 Å². The van der Waals surface area contributed by atoms with Gasteiger partial charge in [-0.2, -0.15) is 5.26 Å². The van der Waals surface area contributed by atoms with E-state index in [0.29, 0.717) is 16.7 Å². The molecule has 0 heterocycles. The van der Waals surface area contributed by atoms with Crippen LogP contribution in [0.25, 0.3) is 0 Å². The lowest BCUT2D eigenvalue weighted by Crippen LogP contribution is -1.88. The first-order chi connectivity index (χ1) is 5.15. The summed E-state index contributed by atoms with van der Waals surface area (Å²) in [5, 5.41) is 8.50. The molecule has 0 aliphatic rings. The van der Waals surface area contributed by atoms with Crippen molar-refractivity contribution in [3.8, 4) is 6.07 Å². The Balaban J connectivity index is 3.35. The highest BCUT2D eigenvalue weighted by Gasteiger charge is 2.02. The van der Waals surface area contributed by atoms with Crippen LogP contribution in [0.4, 0.5) is 4.39 Å². The van der Waals surface area contributed by atoms with Crippen LogP contribution in [0.3, 0.4) is 0 Å². The van der Waals surface area contributed by atoms with Gasteiger partial charge < -0.3 is 0 Å². The molecule has 0 saturated carbocycles. The van der Waals surface area contributed by atoms with Crippen molar-refractivity contribution in [3.63, 3.8) is 0 Å².